The smallest absolute Gasteiger partial charge is 0.408 e. The first-order valence-electron chi connectivity index (χ1n) is 8.90. The first-order valence-corrected chi connectivity index (χ1v) is 8.90. The lowest BCUT2D eigenvalue weighted by atomic mass is 9.98. The number of carbonyl (C=O) groups excluding carboxylic acids is 1. The van der Waals surface area contributed by atoms with Crippen LogP contribution in [0, 0.1) is 5.92 Å². The van der Waals surface area contributed by atoms with Gasteiger partial charge in [-0.1, -0.05) is 11.2 Å². The molecule has 1 fully saturated rings. The summed E-state index contributed by atoms with van der Waals surface area (Å²) in [6.45, 7) is 5.65. The number of nitrogens with one attached hydrogen (secondary N) is 1. The average Bonchev–Trinajstić information content (AvgIpc) is 3.32. The third-order valence-corrected chi connectivity index (χ3v) is 5.01. The normalized spacial score (nSPS) is 19.8. The van der Waals surface area contributed by atoms with Gasteiger partial charge in [0.25, 0.3) is 5.91 Å². The second-order valence-corrected chi connectivity index (χ2v) is 8.01. The van der Waals surface area contributed by atoms with Gasteiger partial charge < -0.3 is 15.6 Å². The second kappa shape index (κ2) is 6.63. The van der Waals surface area contributed by atoms with Crippen molar-refractivity contribution in [3.8, 4) is 0 Å². The van der Waals surface area contributed by atoms with Crippen molar-refractivity contribution in [2.45, 2.75) is 58.0 Å². The Balaban J connectivity index is 1.81. The van der Waals surface area contributed by atoms with Crippen LogP contribution in [0.2, 0.25) is 0 Å². The minimum Gasteiger partial charge on any atom is -0.465 e. The van der Waals surface area contributed by atoms with Crippen LogP contribution in [-0.2, 0) is 6.42 Å². The molecule has 0 saturated heterocycles. The van der Waals surface area contributed by atoms with Gasteiger partial charge in [0, 0.05) is 17.0 Å². The molecule has 2 aliphatic rings. The summed E-state index contributed by atoms with van der Waals surface area (Å²) >= 11 is 0. The van der Waals surface area contributed by atoms with E-state index in [1.54, 1.807) is 6.07 Å². The number of amidine groups is 1. The SMILES string of the molecule is CC(C)(C)N(C(=O)O)[C@@H]1CCc2cc(C(=O)N/C(=N\O)C3CC3)ccc21. The van der Waals surface area contributed by atoms with Crippen molar-refractivity contribution in [2.75, 3.05) is 0 Å². The van der Waals surface area contributed by atoms with E-state index >= 15 is 0 Å². The Bertz CT molecular complexity index is 763. The van der Waals surface area contributed by atoms with E-state index in [9.17, 15) is 14.7 Å². The predicted octanol–water partition coefficient (Wildman–Crippen LogP) is 3.38. The van der Waals surface area contributed by atoms with E-state index in [1.165, 1.54) is 4.90 Å². The highest BCUT2D eigenvalue weighted by atomic mass is 16.4. The Kier molecular flexibility index (Phi) is 4.64. The number of benzene rings is 1. The highest BCUT2D eigenvalue weighted by Crippen LogP contribution is 2.39. The van der Waals surface area contributed by atoms with Gasteiger partial charge in [0.15, 0.2) is 5.84 Å². The van der Waals surface area contributed by atoms with Crippen LogP contribution in [-0.4, -0.2) is 38.6 Å². The molecule has 7 heteroatoms. The van der Waals surface area contributed by atoms with Gasteiger partial charge in [0.1, 0.15) is 0 Å². The van der Waals surface area contributed by atoms with Crippen molar-refractivity contribution < 1.29 is 19.9 Å². The van der Waals surface area contributed by atoms with Crippen molar-refractivity contribution in [2.24, 2.45) is 11.1 Å². The molecule has 0 unspecified atom stereocenters. The molecule has 1 atom stereocenters. The van der Waals surface area contributed by atoms with Crippen LogP contribution in [0.4, 0.5) is 4.79 Å². The monoisotopic (exact) mass is 359 g/mol. The van der Waals surface area contributed by atoms with Gasteiger partial charge in [0.2, 0.25) is 0 Å². The number of hydrogen-bond acceptors (Lipinski definition) is 4. The van der Waals surface area contributed by atoms with E-state index in [1.807, 2.05) is 32.9 Å². The number of aryl methyl sites for hydroxylation is 1. The van der Waals surface area contributed by atoms with Crippen LogP contribution in [0.1, 0.15) is 67.6 Å². The maximum Gasteiger partial charge on any atom is 0.408 e. The number of nitrogens with zero attached hydrogens (tertiary/aromatic N) is 2. The zero-order chi connectivity index (χ0) is 19.1. The third kappa shape index (κ3) is 3.52. The zero-order valence-corrected chi connectivity index (χ0v) is 15.3. The summed E-state index contributed by atoms with van der Waals surface area (Å²) in [5, 5.41) is 24.5. The van der Waals surface area contributed by atoms with E-state index < -0.39 is 11.6 Å². The van der Waals surface area contributed by atoms with Gasteiger partial charge >= 0.3 is 6.09 Å². The van der Waals surface area contributed by atoms with E-state index in [-0.39, 0.29) is 17.9 Å². The molecule has 2 amide bonds. The Morgan fingerprint density at radius 3 is 2.46 bits per heavy atom. The first-order chi connectivity index (χ1) is 12.2. The molecule has 3 rings (SSSR count). The number of fused-ring (bicyclic) bond motifs is 1. The number of rotatable bonds is 3. The van der Waals surface area contributed by atoms with Crippen molar-refractivity contribution in [3.63, 3.8) is 0 Å². The molecular formula is C19H25N3O4. The quantitative estimate of drug-likeness (QED) is 0.333. The Morgan fingerprint density at radius 1 is 1.23 bits per heavy atom. The molecule has 1 aromatic carbocycles. The largest absolute Gasteiger partial charge is 0.465 e. The standard InChI is InChI=1S/C19H25N3O4/c1-19(2,3)22(18(24)25)15-9-7-12-10-13(6-8-14(12)15)17(23)20-16(21-26)11-4-5-11/h6,8,10-11,15,26H,4-5,7,9H2,1-3H3,(H,24,25)(H,20,21,23)/t15-/m1/s1. The third-order valence-electron chi connectivity index (χ3n) is 5.01. The summed E-state index contributed by atoms with van der Waals surface area (Å²) in [7, 11) is 0. The Hall–Kier alpha value is -2.57. The first kappa shape index (κ1) is 18.2. The lowest BCUT2D eigenvalue weighted by Gasteiger charge is -2.38. The molecule has 1 aromatic rings. The summed E-state index contributed by atoms with van der Waals surface area (Å²) in [4.78, 5) is 25.7. The Labute approximate surface area is 152 Å². The van der Waals surface area contributed by atoms with Crippen LogP contribution in [0.5, 0.6) is 0 Å². The highest BCUT2D eigenvalue weighted by Gasteiger charge is 2.38. The molecule has 0 aromatic heterocycles. The number of amides is 2. The molecule has 0 bridgehead atoms. The molecule has 140 valence electrons. The van der Waals surface area contributed by atoms with Crippen LogP contribution in [0.15, 0.2) is 23.4 Å². The molecule has 0 spiro atoms. The predicted molar refractivity (Wildman–Crippen MR) is 96.5 cm³/mol. The Morgan fingerprint density at radius 2 is 1.92 bits per heavy atom. The van der Waals surface area contributed by atoms with Crippen molar-refractivity contribution in [1.29, 1.82) is 0 Å². The van der Waals surface area contributed by atoms with Gasteiger partial charge in [-0.25, -0.2) is 4.79 Å². The summed E-state index contributed by atoms with van der Waals surface area (Å²) in [6, 6.07) is 5.16. The van der Waals surface area contributed by atoms with Gasteiger partial charge in [-0.2, -0.15) is 0 Å². The fourth-order valence-corrected chi connectivity index (χ4v) is 3.65. The molecule has 0 radical (unpaired) electrons. The minimum absolute atomic E-state index is 0.138. The van der Waals surface area contributed by atoms with Crippen LogP contribution in [0.25, 0.3) is 0 Å². The summed E-state index contributed by atoms with van der Waals surface area (Å²) < 4.78 is 0. The number of oxime groups is 1. The van der Waals surface area contributed by atoms with Gasteiger partial charge in [0.05, 0.1) is 6.04 Å². The molecule has 1 saturated carbocycles. The number of carbonyl (C=O) groups is 2. The van der Waals surface area contributed by atoms with E-state index in [0.717, 1.165) is 30.4 Å². The maximum atomic E-state index is 12.4. The van der Waals surface area contributed by atoms with Crippen LogP contribution < -0.4 is 5.32 Å². The molecule has 7 nitrogen and oxygen atoms in total. The fourth-order valence-electron chi connectivity index (χ4n) is 3.65. The molecule has 3 N–H and O–H groups in total. The zero-order valence-electron chi connectivity index (χ0n) is 15.3. The average molecular weight is 359 g/mol. The van der Waals surface area contributed by atoms with Gasteiger partial charge in [-0.15, -0.1) is 0 Å². The van der Waals surface area contributed by atoms with E-state index in [0.29, 0.717) is 17.8 Å². The summed E-state index contributed by atoms with van der Waals surface area (Å²) in [5.41, 5.74) is 1.93. The van der Waals surface area contributed by atoms with E-state index in [2.05, 4.69) is 10.5 Å². The van der Waals surface area contributed by atoms with E-state index in [4.69, 9.17) is 5.21 Å². The second-order valence-electron chi connectivity index (χ2n) is 8.01. The summed E-state index contributed by atoms with van der Waals surface area (Å²) in [5.74, 6) is 0.152. The summed E-state index contributed by atoms with van der Waals surface area (Å²) in [6.07, 6.45) is 2.33. The van der Waals surface area contributed by atoms with Crippen LogP contribution >= 0.6 is 0 Å². The molecular weight excluding hydrogens is 334 g/mol. The number of hydrogen-bond donors (Lipinski definition) is 3. The maximum absolute atomic E-state index is 12.4. The van der Waals surface area contributed by atoms with Crippen LogP contribution in [0.3, 0.4) is 0 Å². The van der Waals surface area contributed by atoms with Crippen molar-refractivity contribution in [1.82, 2.24) is 10.2 Å². The van der Waals surface area contributed by atoms with Gasteiger partial charge in [-0.3, -0.25) is 9.69 Å². The van der Waals surface area contributed by atoms with Crippen molar-refractivity contribution in [3.05, 3.63) is 34.9 Å². The minimum atomic E-state index is -0.939. The van der Waals surface area contributed by atoms with Gasteiger partial charge in [-0.05, 0) is 69.7 Å². The molecule has 0 aliphatic heterocycles. The highest BCUT2D eigenvalue weighted by molar-refractivity contribution is 6.07. The molecule has 26 heavy (non-hydrogen) atoms. The molecule has 2 aliphatic carbocycles. The molecule has 0 heterocycles. The van der Waals surface area contributed by atoms with Crippen molar-refractivity contribution >= 4 is 17.8 Å². The lowest BCUT2D eigenvalue weighted by molar-refractivity contribution is 0.0700. The number of carboxylic acid groups (broad SMARTS) is 1. The lowest BCUT2D eigenvalue weighted by Crippen LogP contribution is -2.46. The fraction of sp³-hybridized carbons (Fsp3) is 0.526. The topological polar surface area (TPSA) is 102 Å².